The van der Waals surface area contributed by atoms with Crippen molar-refractivity contribution in [2.45, 2.75) is 0 Å². The molecule has 4 heavy (non-hydrogen) atoms. The third kappa shape index (κ3) is 0.226. The van der Waals surface area contributed by atoms with Crippen LogP contribution in [0.4, 0.5) is 0 Å². The molecular formula is C3H5S. The van der Waals surface area contributed by atoms with Crippen molar-refractivity contribution in [3.63, 3.8) is 0 Å². The second-order valence-corrected chi connectivity index (χ2v) is 1.90. The molecule has 0 unspecified atom stereocenters. The van der Waals surface area contributed by atoms with Gasteiger partial charge in [-0.3, -0.25) is 0 Å². The molecule has 0 nitrogen and oxygen atoms in total. The molecule has 0 aromatic rings. The van der Waals surface area contributed by atoms with Crippen molar-refractivity contribution in [1.29, 1.82) is 0 Å². The van der Waals surface area contributed by atoms with Crippen LogP contribution in [0.1, 0.15) is 0 Å². The maximum absolute atomic E-state index is 2.27. The van der Waals surface area contributed by atoms with E-state index in [0.29, 0.717) is 0 Å². The van der Waals surface area contributed by atoms with E-state index in [1.54, 1.807) is 0 Å². The van der Waals surface area contributed by atoms with Crippen LogP contribution in [-0.2, 0) is 0 Å². The van der Waals surface area contributed by atoms with Crippen molar-refractivity contribution < 1.29 is 0 Å². The van der Waals surface area contributed by atoms with Crippen LogP contribution in [0.2, 0.25) is 0 Å². The minimum absolute atomic E-state index is 1.29. The summed E-state index contributed by atoms with van der Waals surface area (Å²) < 4.78 is 0. The second kappa shape index (κ2) is 0.978. The Kier molecular flexibility index (Phi) is 0.631. The zero-order chi connectivity index (χ0) is 2.83. The Bertz CT molecular complexity index is 11.2. The van der Waals surface area contributed by atoms with Crippen molar-refractivity contribution >= 4 is 11.8 Å². The van der Waals surface area contributed by atoms with E-state index >= 15 is 0 Å². The molecule has 0 amide bonds. The van der Waals surface area contributed by atoms with Crippen molar-refractivity contribution in [3.05, 3.63) is 6.42 Å². The highest BCUT2D eigenvalue weighted by Gasteiger charge is 1.96. The molecule has 23 valence electrons. The molecule has 0 N–H and O–H groups in total. The highest BCUT2D eigenvalue weighted by atomic mass is 32.2. The Morgan fingerprint density at radius 1 is 1.50 bits per heavy atom. The predicted octanol–water partition coefficient (Wildman–Crippen LogP) is 0.937. The molecule has 1 heteroatoms. The van der Waals surface area contributed by atoms with E-state index in [4.69, 9.17) is 0 Å². The molecule has 0 spiro atoms. The van der Waals surface area contributed by atoms with Gasteiger partial charge in [0.15, 0.2) is 0 Å². The van der Waals surface area contributed by atoms with Crippen molar-refractivity contribution in [2.24, 2.45) is 0 Å². The van der Waals surface area contributed by atoms with Gasteiger partial charge in [-0.15, -0.1) is 0 Å². The molecule has 0 saturated carbocycles. The summed E-state index contributed by atoms with van der Waals surface area (Å²) in [6.45, 7) is 0. The van der Waals surface area contributed by atoms with E-state index < -0.39 is 0 Å². The van der Waals surface area contributed by atoms with E-state index in [0.717, 1.165) is 0 Å². The SMILES string of the molecule is [CH]1CSC1. The van der Waals surface area contributed by atoms with Gasteiger partial charge in [-0.1, -0.05) is 0 Å². The van der Waals surface area contributed by atoms with Gasteiger partial charge in [-0.05, 0) is 17.9 Å². The Morgan fingerprint density at radius 2 is 1.75 bits per heavy atom. The summed E-state index contributed by atoms with van der Waals surface area (Å²) in [5, 5.41) is 0. The van der Waals surface area contributed by atoms with E-state index in [2.05, 4.69) is 6.42 Å². The first kappa shape index (κ1) is 2.58. The molecule has 0 aromatic heterocycles. The number of rotatable bonds is 0. The fourth-order valence-electron chi connectivity index (χ4n) is 0.118. The van der Waals surface area contributed by atoms with Crippen LogP contribution in [0.5, 0.6) is 0 Å². The molecule has 0 aromatic carbocycles. The first-order chi connectivity index (χ1) is 2.00. The van der Waals surface area contributed by atoms with Crippen LogP contribution in [0.25, 0.3) is 0 Å². The summed E-state index contributed by atoms with van der Waals surface area (Å²) in [7, 11) is 0. The van der Waals surface area contributed by atoms with E-state index in [9.17, 15) is 0 Å². The van der Waals surface area contributed by atoms with Crippen LogP contribution in [0.15, 0.2) is 0 Å². The van der Waals surface area contributed by atoms with Crippen molar-refractivity contribution in [2.75, 3.05) is 11.5 Å². The highest BCUT2D eigenvalue weighted by Crippen LogP contribution is 2.13. The van der Waals surface area contributed by atoms with E-state index in [-0.39, 0.29) is 0 Å². The molecule has 1 fully saturated rings. The Balaban J connectivity index is 2.00. The summed E-state index contributed by atoms with van der Waals surface area (Å²) in [5.74, 6) is 2.58. The summed E-state index contributed by atoms with van der Waals surface area (Å²) in [6.07, 6.45) is 2.27. The maximum Gasteiger partial charge on any atom is -0.00279 e. The van der Waals surface area contributed by atoms with Gasteiger partial charge in [0, 0.05) is 0 Å². The monoisotopic (exact) mass is 73.0 g/mol. The zero-order valence-corrected chi connectivity index (χ0v) is 3.22. The minimum Gasteiger partial charge on any atom is -0.161 e. The molecular weight excluding hydrogens is 68.1 g/mol. The van der Waals surface area contributed by atoms with Crippen molar-refractivity contribution in [3.8, 4) is 0 Å². The molecule has 0 bridgehead atoms. The smallest absolute Gasteiger partial charge is 0.00279 e. The Labute approximate surface area is 30.6 Å². The quantitative estimate of drug-likeness (QED) is 0.411. The van der Waals surface area contributed by atoms with Gasteiger partial charge in [0.25, 0.3) is 0 Å². The summed E-state index contributed by atoms with van der Waals surface area (Å²) in [6, 6.07) is 0. The second-order valence-electron chi connectivity index (χ2n) is 0.826. The van der Waals surface area contributed by atoms with Gasteiger partial charge in [0.1, 0.15) is 0 Å². The van der Waals surface area contributed by atoms with Gasteiger partial charge < -0.3 is 0 Å². The van der Waals surface area contributed by atoms with E-state index in [1.165, 1.54) is 11.5 Å². The Morgan fingerprint density at radius 3 is 1.75 bits per heavy atom. The van der Waals surface area contributed by atoms with Gasteiger partial charge in [0.05, 0.1) is 0 Å². The molecule has 1 radical (unpaired) electrons. The topological polar surface area (TPSA) is 0 Å². The average Bonchev–Trinajstić information content (AvgIpc) is 0.722. The molecule has 0 aliphatic carbocycles. The largest absolute Gasteiger partial charge is 0.161 e. The predicted molar refractivity (Wildman–Crippen MR) is 21.6 cm³/mol. The number of hydrogen-bond acceptors (Lipinski definition) is 1. The highest BCUT2D eigenvalue weighted by molar-refractivity contribution is 8.01. The van der Waals surface area contributed by atoms with Gasteiger partial charge in [-0.2, -0.15) is 11.8 Å². The van der Waals surface area contributed by atoms with Crippen LogP contribution in [0, 0.1) is 6.42 Å². The third-order valence-corrected chi connectivity index (χ3v) is 1.41. The number of thioether (sulfide) groups is 1. The third-order valence-electron chi connectivity index (χ3n) is 0.471. The van der Waals surface area contributed by atoms with Crippen LogP contribution >= 0.6 is 11.8 Å². The van der Waals surface area contributed by atoms with Gasteiger partial charge in [-0.25, -0.2) is 0 Å². The van der Waals surface area contributed by atoms with Gasteiger partial charge >= 0.3 is 0 Å². The summed E-state index contributed by atoms with van der Waals surface area (Å²) >= 11 is 1.98. The Hall–Kier alpha value is 0.350. The summed E-state index contributed by atoms with van der Waals surface area (Å²) in [5.41, 5.74) is 0. The summed E-state index contributed by atoms with van der Waals surface area (Å²) in [4.78, 5) is 0. The van der Waals surface area contributed by atoms with Crippen LogP contribution in [0.3, 0.4) is 0 Å². The standard InChI is InChI=1S/C3H5S/c1-2-4-3-1/h1H,2-3H2. The van der Waals surface area contributed by atoms with Crippen LogP contribution in [-0.4, -0.2) is 11.5 Å². The number of hydrogen-bond donors (Lipinski definition) is 0. The molecule has 1 aliphatic rings. The van der Waals surface area contributed by atoms with Crippen molar-refractivity contribution in [1.82, 2.24) is 0 Å². The minimum atomic E-state index is 1.29. The molecule has 1 saturated heterocycles. The fraction of sp³-hybridized carbons (Fsp3) is 0.667. The first-order valence-corrected chi connectivity index (χ1v) is 2.55. The molecule has 1 heterocycles. The zero-order valence-electron chi connectivity index (χ0n) is 2.40. The van der Waals surface area contributed by atoms with E-state index in [1.807, 2.05) is 11.8 Å². The van der Waals surface area contributed by atoms with Gasteiger partial charge in [0.2, 0.25) is 0 Å². The normalized spacial score (nSPS) is 24.0. The lowest BCUT2D eigenvalue weighted by molar-refractivity contribution is 1.37. The fourth-order valence-corrected chi connectivity index (χ4v) is 0.354. The maximum atomic E-state index is 2.27. The molecule has 1 aliphatic heterocycles. The lowest BCUT2D eigenvalue weighted by atomic mass is 10.6. The molecule has 1 rings (SSSR count). The lowest BCUT2D eigenvalue weighted by Crippen LogP contribution is -1.95. The first-order valence-electron chi connectivity index (χ1n) is 1.39. The molecule has 0 atom stereocenters. The van der Waals surface area contributed by atoms with Crippen LogP contribution < -0.4 is 0 Å². The average molecular weight is 73.1 g/mol. The lowest BCUT2D eigenvalue weighted by Gasteiger charge is -2.05.